The number of carboxylic acids is 1. The van der Waals surface area contributed by atoms with Gasteiger partial charge < -0.3 is 14.7 Å². The third kappa shape index (κ3) is 2.76. The van der Waals surface area contributed by atoms with Gasteiger partial charge in [0.1, 0.15) is 5.75 Å². The fraction of sp³-hybridized carbons (Fsp3) is 0.579. The van der Waals surface area contributed by atoms with Crippen LogP contribution < -0.4 is 4.74 Å². The van der Waals surface area contributed by atoms with Crippen molar-refractivity contribution >= 4 is 11.9 Å². The van der Waals surface area contributed by atoms with Crippen LogP contribution in [0.25, 0.3) is 0 Å². The summed E-state index contributed by atoms with van der Waals surface area (Å²) in [6.45, 7) is 1.01. The number of benzene rings is 1. The van der Waals surface area contributed by atoms with E-state index in [9.17, 15) is 14.7 Å². The minimum atomic E-state index is -0.748. The van der Waals surface area contributed by atoms with Crippen LogP contribution in [-0.4, -0.2) is 42.1 Å². The number of carboxylic acid groups (broad SMARTS) is 1. The molecule has 4 rings (SSSR count). The molecule has 0 aromatic heterocycles. The Hall–Kier alpha value is -2.04. The lowest BCUT2D eigenvalue weighted by Gasteiger charge is -2.16. The number of hydrogen-bond acceptors (Lipinski definition) is 3. The molecular weight excluding hydrogens is 306 g/mol. The Kier molecular flexibility index (Phi) is 3.74. The minimum absolute atomic E-state index is 0.00417. The molecule has 128 valence electrons. The van der Waals surface area contributed by atoms with Crippen molar-refractivity contribution in [1.82, 2.24) is 4.90 Å². The Balaban J connectivity index is 1.43. The fourth-order valence-electron chi connectivity index (χ4n) is 4.22. The molecule has 4 atom stereocenters. The topological polar surface area (TPSA) is 66.8 Å². The van der Waals surface area contributed by atoms with Crippen LogP contribution in [0.2, 0.25) is 0 Å². The summed E-state index contributed by atoms with van der Waals surface area (Å²) in [7, 11) is 1.64. The quantitative estimate of drug-likeness (QED) is 0.900. The number of amides is 1. The molecule has 5 heteroatoms. The van der Waals surface area contributed by atoms with E-state index in [-0.39, 0.29) is 29.6 Å². The van der Waals surface area contributed by atoms with E-state index in [1.165, 1.54) is 0 Å². The fourth-order valence-corrected chi connectivity index (χ4v) is 4.22. The Morgan fingerprint density at radius 3 is 2.67 bits per heavy atom. The number of likely N-dealkylation sites (tertiary alicyclic amines) is 1. The van der Waals surface area contributed by atoms with E-state index in [4.69, 9.17) is 4.74 Å². The molecular formula is C19H23NO4. The first kappa shape index (κ1) is 15.5. The van der Waals surface area contributed by atoms with Gasteiger partial charge in [-0.25, -0.2) is 0 Å². The molecule has 2 unspecified atom stereocenters. The Bertz CT molecular complexity index is 669. The average molecular weight is 329 g/mol. The molecule has 1 aromatic rings. The smallest absolute Gasteiger partial charge is 0.308 e. The van der Waals surface area contributed by atoms with Crippen LogP contribution in [0.5, 0.6) is 5.75 Å². The van der Waals surface area contributed by atoms with Crippen LogP contribution >= 0.6 is 0 Å². The average Bonchev–Trinajstić information content (AvgIpc) is 3.51. The summed E-state index contributed by atoms with van der Waals surface area (Å²) in [5.74, 6) is 0.736. The lowest BCUT2D eigenvalue weighted by molar-refractivity contribution is -0.142. The molecule has 3 aliphatic rings. The third-order valence-corrected chi connectivity index (χ3v) is 5.85. The van der Waals surface area contributed by atoms with Crippen LogP contribution in [-0.2, 0) is 9.59 Å². The second-order valence-corrected chi connectivity index (χ2v) is 7.41. The number of aliphatic carboxylic acids is 1. The van der Waals surface area contributed by atoms with E-state index in [1.807, 2.05) is 29.2 Å². The highest BCUT2D eigenvalue weighted by Crippen LogP contribution is 2.51. The number of hydrogen-bond donors (Lipinski definition) is 1. The largest absolute Gasteiger partial charge is 0.497 e. The van der Waals surface area contributed by atoms with Crippen molar-refractivity contribution in [3.8, 4) is 5.75 Å². The summed E-state index contributed by atoms with van der Waals surface area (Å²) in [6.07, 6.45) is 3.09. The van der Waals surface area contributed by atoms with Crippen LogP contribution in [0.4, 0.5) is 0 Å². The van der Waals surface area contributed by atoms with Crippen molar-refractivity contribution in [2.75, 3.05) is 20.2 Å². The van der Waals surface area contributed by atoms with Crippen LogP contribution in [0, 0.1) is 23.7 Å². The van der Waals surface area contributed by atoms with Crippen molar-refractivity contribution < 1.29 is 19.4 Å². The summed E-state index contributed by atoms with van der Waals surface area (Å²) in [6, 6.07) is 7.89. The third-order valence-electron chi connectivity index (χ3n) is 5.85. The molecule has 1 saturated heterocycles. The Morgan fingerprint density at radius 1 is 1.21 bits per heavy atom. The predicted molar refractivity (Wildman–Crippen MR) is 87.8 cm³/mol. The van der Waals surface area contributed by atoms with E-state index in [1.54, 1.807) is 7.11 Å². The highest BCUT2D eigenvalue weighted by atomic mass is 16.5. The molecule has 1 aliphatic heterocycles. The zero-order valence-electron chi connectivity index (χ0n) is 13.9. The Labute approximate surface area is 141 Å². The minimum Gasteiger partial charge on any atom is -0.497 e. The van der Waals surface area contributed by atoms with Crippen molar-refractivity contribution in [2.45, 2.75) is 25.2 Å². The van der Waals surface area contributed by atoms with E-state index < -0.39 is 5.97 Å². The molecule has 1 aromatic carbocycles. The molecule has 5 nitrogen and oxygen atoms in total. The summed E-state index contributed by atoms with van der Waals surface area (Å²) < 4.78 is 5.26. The van der Waals surface area contributed by atoms with Gasteiger partial charge in [0.05, 0.1) is 13.0 Å². The number of carbonyl (C=O) groups excluding carboxylic acids is 1. The maximum absolute atomic E-state index is 12.8. The van der Waals surface area contributed by atoms with Gasteiger partial charge in [0.25, 0.3) is 0 Å². The van der Waals surface area contributed by atoms with Crippen LogP contribution in [0.15, 0.2) is 24.3 Å². The molecule has 1 amide bonds. The van der Waals surface area contributed by atoms with Gasteiger partial charge in [0.15, 0.2) is 0 Å². The number of methoxy groups -OCH3 is 1. The summed E-state index contributed by atoms with van der Waals surface area (Å²) >= 11 is 0. The van der Waals surface area contributed by atoms with Gasteiger partial charge in [-0.3, -0.25) is 9.59 Å². The van der Waals surface area contributed by atoms with Crippen molar-refractivity contribution in [1.29, 1.82) is 0 Å². The second kappa shape index (κ2) is 5.80. The first-order valence-corrected chi connectivity index (χ1v) is 8.74. The molecule has 1 heterocycles. The summed E-state index contributed by atoms with van der Waals surface area (Å²) in [5, 5.41) is 9.45. The van der Waals surface area contributed by atoms with Gasteiger partial charge in [0, 0.05) is 19.0 Å². The molecule has 2 saturated carbocycles. The first-order chi connectivity index (χ1) is 11.6. The zero-order valence-corrected chi connectivity index (χ0v) is 13.9. The molecule has 0 radical (unpaired) electrons. The standard InChI is InChI=1S/C19H23NO4/c1-24-13-4-2-3-12(7-13)14-8-15(14)18(21)20-9-16(11-5-6-11)17(10-20)19(22)23/h2-4,7,11,14-17H,5-6,8-10H2,1H3,(H,22,23)/t14?,15?,16-,17+/m1/s1. The summed E-state index contributed by atoms with van der Waals surface area (Å²) in [4.78, 5) is 26.1. The number of carbonyl (C=O) groups is 2. The normalized spacial score (nSPS) is 31.8. The lowest BCUT2D eigenvalue weighted by atomic mass is 9.92. The van der Waals surface area contributed by atoms with Gasteiger partial charge >= 0.3 is 5.97 Å². The van der Waals surface area contributed by atoms with Gasteiger partial charge in [-0.15, -0.1) is 0 Å². The van der Waals surface area contributed by atoms with Crippen molar-refractivity contribution in [3.05, 3.63) is 29.8 Å². The number of rotatable bonds is 5. The summed E-state index contributed by atoms with van der Waals surface area (Å²) in [5.41, 5.74) is 1.14. The SMILES string of the molecule is COc1cccc(C2CC2C(=O)N2C[C@H](C(=O)O)[C@@H](C3CC3)C2)c1. The molecule has 3 fully saturated rings. The molecule has 0 bridgehead atoms. The van der Waals surface area contributed by atoms with Gasteiger partial charge in [-0.05, 0) is 54.7 Å². The first-order valence-electron chi connectivity index (χ1n) is 8.74. The van der Waals surface area contributed by atoms with E-state index >= 15 is 0 Å². The van der Waals surface area contributed by atoms with E-state index in [0.29, 0.717) is 19.0 Å². The molecule has 2 aliphatic carbocycles. The zero-order chi connectivity index (χ0) is 16.8. The maximum atomic E-state index is 12.8. The van der Waals surface area contributed by atoms with E-state index in [0.717, 1.165) is 30.6 Å². The predicted octanol–water partition coefficient (Wildman–Crippen LogP) is 2.37. The van der Waals surface area contributed by atoms with Crippen molar-refractivity contribution in [3.63, 3.8) is 0 Å². The lowest BCUT2D eigenvalue weighted by Crippen LogP contribution is -2.31. The number of nitrogens with zero attached hydrogens (tertiary/aromatic N) is 1. The van der Waals surface area contributed by atoms with Crippen LogP contribution in [0.3, 0.4) is 0 Å². The van der Waals surface area contributed by atoms with Gasteiger partial charge in [-0.2, -0.15) is 0 Å². The second-order valence-electron chi connectivity index (χ2n) is 7.41. The van der Waals surface area contributed by atoms with Crippen molar-refractivity contribution in [2.24, 2.45) is 23.7 Å². The monoisotopic (exact) mass is 329 g/mol. The Morgan fingerprint density at radius 2 is 2.00 bits per heavy atom. The van der Waals surface area contributed by atoms with Crippen LogP contribution in [0.1, 0.15) is 30.7 Å². The molecule has 1 N–H and O–H groups in total. The highest BCUT2D eigenvalue weighted by Gasteiger charge is 2.51. The molecule has 24 heavy (non-hydrogen) atoms. The highest BCUT2D eigenvalue weighted by molar-refractivity contribution is 5.84. The maximum Gasteiger partial charge on any atom is 0.308 e. The van der Waals surface area contributed by atoms with Gasteiger partial charge in [0.2, 0.25) is 5.91 Å². The number of ether oxygens (including phenoxy) is 1. The van der Waals surface area contributed by atoms with E-state index in [2.05, 4.69) is 0 Å². The molecule has 0 spiro atoms. The van der Waals surface area contributed by atoms with Gasteiger partial charge in [-0.1, -0.05) is 12.1 Å².